The van der Waals surface area contributed by atoms with E-state index in [1.165, 1.54) is 0 Å². The number of rotatable bonds is 2. The van der Waals surface area contributed by atoms with Crippen molar-refractivity contribution >= 4 is 12.1 Å². The minimum absolute atomic E-state index is 0.129. The van der Waals surface area contributed by atoms with E-state index in [1.54, 1.807) is 24.2 Å². The van der Waals surface area contributed by atoms with Crippen LogP contribution in [0.25, 0.3) is 0 Å². The van der Waals surface area contributed by atoms with Gasteiger partial charge in [-0.3, -0.25) is 9.88 Å². The zero-order chi connectivity index (χ0) is 18.9. The van der Waals surface area contributed by atoms with Gasteiger partial charge in [0.1, 0.15) is 12.2 Å². The Morgan fingerprint density at radius 1 is 1.31 bits per heavy atom. The zero-order valence-electron chi connectivity index (χ0n) is 15.6. The van der Waals surface area contributed by atoms with Gasteiger partial charge in [-0.05, 0) is 57.4 Å². The topological polar surface area (TPSA) is 68.7 Å². The first-order chi connectivity index (χ1) is 12.3. The number of aromatic nitrogens is 1. The number of esters is 1. The van der Waals surface area contributed by atoms with Crippen LogP contribution in [0.2, 0.25) is 0 Å². The highest BCUT2D eigenvalue weighted by atomic mass is 16.6. The molecule has 6 heteroatoms. The first-order valence-electron chi connectivity index (χ1n) is 8.72. The van der Waals surface area contributed by atoms with Crippen molar-refractivity contribution in [2.24, 2.45) is 0 Å². The number of nitrogens with zero attached hydrogens (tertiary/aromatic N) is 2. The number of hydrogen-bond donors (Lipinski definition) is 0. The Morgan fingerprint density at radius 3 is 2.58 bits per heavy atom. The van der Waals surface area contributed by atoms with Gasteiger partial charge in [0.15, 0.2) is 0 Å². The van der Waals surface area contributed by atoms with Crippen LogP contribution in [0.15, 0.2) is 47.3 Å². The Bertz CT molecular complexity index is 775. The molecule has 1 aromatic heterocycles. The Balaban J connectivity index is 1.92. The fourth-order valence-corrected chi connectivity index (χ4v) is 3.18. The van der Waals surface area contributed by atoms with Crippen LogP contribution in [-0.4, -0.2) is 40.7 Å². The second kappa shape index (κ2) is 6.94. The summed E-state index contributed by atoms with van der Waals surface area (Å²) in [5.41, 5.74) is 2.86. The lowest BCUT2D eigenvalue weighted by molar-refractivity contribution is -0.135. The first-order valence-corrected chi connectivity index (χ1v) is 8.72. The van der Waals surface area contributed by atoms with E-state index in [9.17, 15) is 9.59 Å². The van der Waals surface area contributed by atoms with E-state index >= 15 is 0 Å². The summed E-state index contributed by atoms with van der Waals surface area (Å²) in [5, 5.41) is 0. The molecule has 2 aliphatic heterocycles. The maximum absolute atomic E-state index is 12.9. The second-order valence-electron chi connectivity index (χ2n) is 7.55. The summed E-state index contributed by atoms with van der Waals surface area (Å²) in [6, 6.07) is 3.69. The molecule has 1 aromatic rings. The van der Waals surface area contributed by atoms with Gasteiger partial charge in [0.25, 0.3) is 0 Å². The lowest BCUT2D eigenvalue weighted by Crippen LogP contribution is -2.42. The molecule has 0 fully saturated rings. The van der Waals surface area contributed by atoms with E-state index < -0.39 is 5.60 Å². The number of carbonyl (C=O) groups excluding carboxylic acids is 2. The first kappa shape index (κ1) is 18.2. The van der Waals surface area contributed by atoms with Crippen molar-refractivity contribution in [1.29, 1.82) is 0 Å². The average Bonchev–Trinajstić information content (AvgIpc) is 2.93. The van der Waals surface area contributed by atoms with Crippen molar-refractivity contribution in [3.05, 3.63) is 52.9 Å². The number of carbonyl (C=O) groups is 2. The van der Waals surface area contributed by atoms with Gasteiger partial charge in [0.05, 0.1) is 6.04 Å². The van der Waals surface area contributed by atoms with Crippen LogP contribution in [-0.2, 0) is 14.3 Å². The molecule has 0 saturated heterocycles. The zero-order valence-corrected chi connectivity index (χ0v) is 15.6. The van der Waals surface area contributed by atoms with Gasteiger partial charge in [-0.15, -0.1) is 0 Å². The van der Waals surface area contributed by atoms with Crippen LogP contribution >= 0.6 is 0 Å². The van der Waals surface area contributed by atoms with Crippen LogP contribution in [0.5, 0.6) is 0 Å². The highest BCUT2D eigenvalue weighted by Crippen LogP contribution is 2.35. The summed E-state index contributed by atoms with van der Waals surface area (Å²) >= 11 is 0. The summed E-state index contributed by atoms with van der Waals surface area (Å²) in [6.07, 6.45) is 5.81. The molecule has 0 aromatic carbocycles. The number of hydrogen-bond acceptors (Lipinski definition) is 5. The van der Waals surface area contributed by atoms with Gasteiger partial charge in [-0.25, -0.2) is 9.59 Å². The molecule has 3 heterocycles. The molecule has 2 aliphatic rings. The molecule has 0 spiro atoms. The van der Waals surface area contributed by atoms with E-state index in [-0.39, 0.29) is 24.7 Å². The number of cyclic esters (lactones) is 1. The molecule has 1 amide bonds. The number of ether oxygens (including phenoxy) is 2. The van der Waals surface area contributed by atoms with Gasteiger partial charge in [0, 0.05) is 30.1 Å². The summed E-state index contributed by atoms with van der Waals surface area (Å²) < 4.78 is 10.7. The van der Waals surface area contributed by atoms with Crippen molar-refractivity contribution < 1.29 is 19.1 Å². The van der Waals surface area contributed by atoms with Crippen molar-refractivity contribution in [1.82, 2.24) is 9.88 Å². The van der Waals surface area contributed by atoms with Crippen LogP contribution in [0, 0.1) is 0 Å². The molecule has 0 radical (unpaired) electrons. The third-order valence-corrected chi connectivity index (χ3v) is 4.52. The quantitative estimate of drug-likeness (QED) is 0.758. The van der Waals surface area contributed by atoms with Gasteiger partial charge in [-0.2, -0.15) is 0 Å². The minimum Gasteiger partial charge on any atom is -0.457 e. The lowest BCUT2D eigenvalue weighted by Gasteiger charge is -2.37. The smallest absolute Gasteiger partial charge is 0.411 e. The maximum atomic E-state index is 12.9. The lowest BCUT2D eigenvalue weighted by atomic mass is 9.92. The molecule has 0 bridgehead atoms. The van der Waals surface area contributed by atoms with Gasteiger partial charge < -0.3 is 9.47 Å². The summed E-state index contributed by atoms with van der Waals surface area (Å²) in [7, 11) is 0. The normalized spacial score (nSPS) is 20.8. The third kappa shape index (κ3) is 3.79. The fraction of sp³-hybridized carbons (Fsp3) is 0.450. The van der Waals surface area contributed by atoms with E-state index in [0.29, 0.717) is 18.5 Å². The van der Waals surface area contributed by atoms with E-state index in [0.717, 1.165) is 16.7 Å². The van der Waals surface area contributed by atoms with Crippen molar-refractivity contribution in [3.63, 3.8) is 0 Å². The highest BCUT2D eigenvalue weighted by Gasteiger charge is 2.34. The molecule has 3 rings (SSSR count). The molecular formula is C20H24N2O4. The van der Waals surface area contributed by atoms with Crippen LogP contribution in [0.3, 0.4) is 0 Å². The molecule has 26 heavy (non-hydrogen) atoms. The monoisotopic (exact) mass is 356 g/mol. The van der Waals surface area contributed by atoms with Crippen LogP contribution in [0.1, 0.15) is 45.7 Å². The second-order valence-corrected chi connectivity index (χ2v) is 7.55. The van der Waals surface area contributed by atoms with Crippen molar-refractivity contribution in [2.45, 2.75) is 45.8 Å². The van der Waals surface area contributed by atoms with Crippen molar-refractivity contribution in [3.8, 4) is 0 Å². The Hall–Kier alpha value is -2.63. The van der Waals surface area contributed by atoms with Gasteiger partial charge in [0.2, 0.25) is 0 Å². The Morgan fingerprint density at radius 2 is 2.00 bits per heavy atom. The predicted octanol–water partition coefficient (Wildman–Crippen LogP) is 3.56. The SMILES string of the molecule is CC1=C(C2=CCC(c3ccncc3)N(C(=O)OC(C)(C)C)C2)COC1=O. The number of amides is 1. The molecule has 1 atom stereocenters. The predicted molar refractivity (Wildman–Crippen MR) is 96.3 cm³/mol. The largest absolute Gasteiger partial charge is 0.457 e. The summed E-state index contributed by atoms with van der Waals surface area (Å²) in [4.78, 5) is 30.3. The van der Waals surface area contributed by atoms with Gasteiger partial charge >= 0.3 is 12.1 Å². The molecule has 138 valence electrons. The highest BCUT2D eigenvalue weighted by molar-refractivity contribution is 5.92. The molecule has 0 aliphatic carbocycles. The molecule has 0 saturated carbocycles. The van der Waals surface area contributed by atoms with Crippen LogP contribution in [0.4, 0.5) is 4.79 Å². The van der Waals surface area contributed by atoms with Crippen molar-refractivity contribution in [2.75, 3.05) is 13.2 Å². The van der Waals surface area contributed by atoms with Gasteiger partial charge in [-0.1, -0.05) is 6.08 Å². The minimum atomic E-state index is -0.581. The molecule has 0 N–H and O–H groups in total. The Kier molecular flexibility index (Phi) is 4.85. The molecular weight excluding hydrogens is 332 g/mol. The number of pyridine rings is 1. The molecule has 1 unspecified atom stereocenters. The summed E-state index contributed by atoms with van der Waals surface area (Å²) in [6.45, 7) is 7.96. The average molecular weight is 356 g/mol. The van der Waals surface area contributed by atoms with E-state index in [1.807, 2.05) is 32.9 Å². The third-order valence-electron chi connectivity index (χ3n) is 4.52. The fourth-order valence-electron chi connectivity index (χ4n) is 3.18. The summed E-state index contributed by atoms with van der Waals surface area (Å²) in [5.74, 6) is -0.291. The standard InChI is InChI=1S/C20H24N2O4/c1-13-16(12-25-18(13)23)15-5-6-17(14-7-9-21-10-8-14)22(11-15)19(24)26-20(2,3)4/h5,7-10,17H,6,11-12H2,1-4H3. The maximum Gasteiger partial charge on any atom is 0.411 e. The Labute approximate surface area is 153 Å². The molecule has 6 nitrogen and oxygen atoms in total. The van der Waals surface area contributed by atoms with E-state index in [4.69, 9.17) is 9.47 Å². The van der Waals surface area contributed by atoms with Crippen LogP contribution < -0.4 is 0 Å². The van der Waals surface area contributed by atoms with E-state index in [2.05, 4.69) is 11.1 Å².